The predicted molar refractivity (Wildman–Crippen MR) is 127 cm³/mol. The summed E-state index contributed by atoms with van der Waals surface area (Å²) >= 11 is 0. The van der Waals surface area contributed by atoms with Crippen LogP contribution in [0.2, 0.25) is 0 Å². The van der Waals surface area contributed by atoms with Crippen LogP contribution in [0, 0.1) is 0 Å². The van der Waals surface area contributed by atoms with Crippen molar-refractivity contribution < 1.29 is 9.53 Å². The van der Waals surface area contributed by atoms with Gasteiger partial charge in [-0.2, -0.15) is 0 Å². The molecule has 1 aliphatic rings. The van der Waals surface area contributed by atoms with Gasteiger partial charge in [-0.15, -0.1) is 0 Å². The largest absolute Gasteiger partial charge is 0.465 e. The second kappa shape index (κ2) is 8.79. The van der Waals surface area contributed by atoms with Crippen LogP contribution in [0.5, 0.6) is 0 Å². The zero-order chi connectivity index (χ0) is 21.9. The first-order valence-electron chi connectivity index (χ1n) is 11.0. The van der Waals surface area contributed by atoms with Crippen molar-refractivity contribution in [2.24, 2.45) is 0 Å². The minimum absolute atomic E-state index is 0.369. The average molecular weight is 424 g/mol. The number of fused-ring (bicyclic) bond motifs is 1. The average Bonchev–Trinajstić information content (AvgIpc) is 2.88. The van der Waals surface area contributed by atoms with Crippen LogP contribution in [-0.2, 0) is 4.74 Å². The van der Waals surface area contributed by atoms with Crippen molar-refractivity contribution in [2.45, 2.75) is 18.8 Å². The molecule has 160 valence electrons. The molecule has 32 heavy (non-hydrogen) atoms. The van der Waals surface area contributed by atoms with Gasteiger partial charge in [0.05, 0.1) is 23.7 Å². The monoisotopic (exact) mass is 423 g/mol. The Hall–Kier alpha value is -3.73. The van der Waals surface area contributed by atoms with Gasteiger partial charge in [0.25, 0.3) is 0 Å². The number of carbonyl (C=O) groups excluding carboxylic acids is 1. The van der Waals surface area contributed by atoms with Crippen molar-refractivity contribution in [3.8, 4) is 11.3 Å². The van der Waals surface area contributed by atoms with Crippen molar-refractivity contribution in [1.82, 2.24) is 9.97 Å². The molecule has 0 saturated carbocycles. The van der Waals surface area contributed by atoms with E-state index in [2.05, 4.69) is 47.4 Å². The zero-order valence-corrected chi connectivity index (χ0v) is 18.1. The second-order valence-corrected chi connectivity index (χ2v) is 8.13. The molecule has 0 radical (unpaired) electrons. The summed E-state index contributed by atoms with van der Waals surface area (Å²) in [6.45, 7) is 1.83. The molecule has 5 heteroatoms. The molecule has 5 nitrogen and oxygen atoms in total. The maximum absolute atomic E-state index is 12.0. The van der Waals surface area contributed by atoms with Gasteiger partial charge in [-0.3, -0.25) is 0 Å². The quantitative estimate of drug-likeness (QED) is 0.408. The Kier molecular flexibility index (Phi) is 5.55. The van der Waals surface area contributed by atoms with E-state index in [4.69, 9.17) is 14.7 Å². The Bertz CT molecular complexity index is 1230. The molecule has 1 fully saturated rings. The molecule has 1 saturated heterocycles. The highest BCUT2D eigenvalue weighted by atomic mass is 16.5. The first-order valence-corrected chi connectivity index (χ1v) is 11.0. The fourth-order valence-corrected chi connectivity index (χ4v) is 4.45. The lowest BCUT2D eigenvalue weighted by Crippen LogP contribution is -2.34. The van der Waals surface area contributed by atoms with E-state index in [1.807, 2.05) is 24.3 Å². The molecule has 4 aromatic rings. The third-order valence-electron chi connectivity index (χ3n) is 6.18. The van der Waals surface area contributed by atoms with Crippen LogP contribution in [0.25, 0.3) is 22.3 Å². The second-order valence-electron chi connectivity index (χ2n) is 8.13. The number of piperidine rings is 1. The van der Waals surface area contributed by atoms with Crippen molar-refractivity contribution in [1.29, 1.82) is 0 Å². The summed E-state index contributed by atoms with van der Waals surface area (Å²) < 4.78 is 4.88. The third-order valence-corrected chi connectivity index (χ3v) is 6.18. The van der Waals surface area contributed by atoms with Gasteiger partial charge in [0, 0.05) is 18.7 Å². The van der Waals surface area contributed by atoms with Crippen LogP contribution in [0.3, 0.4) is 0 Å². The van der Waals surface area contributed by atoms with E-state index in [9.17, 15) is 4.79 Å². The van der Waals surface area contributed by atoms with Crippen molar-refractivity contribution >= 4 is 22.8 Å². The number of hydrogen-bond donors (Lipinski definition) is 0. The molecular formula is C27H25N3O2. The lowest BCUT2D eigenvalue weighted by Gasteiger charge is -2.34. The Labute approximate surface area is 187 Å². The summed E-state index contributed by atoms with van der Waals surface area (Å²) in [7, 11) is 1.39. The summed E-state index contributed by atoms with van der Waals surface area (Å²) in [6.07, 6.45) is 2.14. The first-order chi connectivity index (χ1) is 15.7. The Morgan fingerprint density at radius 3 is 2.25 bits per heavy atom. The van der Waals surface area contributed by atoms with E-state index in [0.29, 0.717) is 17.0 Å². The van der Waals surface area contributed by atoms with Gasteiger partial charge in [-0.1, -0.05) is 60.7 Å². The summed E-state index contributed by atoms with van der Waals surface area (Å²) in [5.74, 6) is 1.07. The van der Waals surface area contributed by atoms with E-state index >= 15 is 0 Å². The number of hydrogen-bond acceptors (Lipinski definition) is 5. The van der Waals surface area contributed by atoms with Crippen LogP contribution < -0.4 is 4.90 Å². The highest BCUT2D eigenvalue weighted by Gasteiger charge is 2.25. The predicted octanol–water partition coefficient (Wildman–Crippen LogP) is 5.47. The number of benzene rings is 3. The van der Waals surface area contributed by atoms with Crippen LogP contribution in [-0.4, -0.2) is 36.1 Å². The van der Waals surface area contributed by atoms with Crippen molar-refractivity contribution in [3.63, 3.8) is 0 Å². The van der Waals surface area contributed by atoms with Crippen LogP contribution in [0.4, 0.5) is 5.82 Å². The summed E-state index contributed by atoms with van der Waals surface area (Å²) in [5, 5.41) is 0. The normalized spacial score (nSPS) is 14.5. The molecule has 0 aliphatic carbocycles. The lowest BCUT2D eigenvalue weighted by atomic mass is 9.89. The standard InChI is InChI=1S/C27H25N3O2/c1-32-27(31)22-12-13-23-24(18-22)29-26(25(28-23)21-10-6-3-7-11-21)30-16-14-20(15-17-30)19-8-4-2-5-9-19/h2-13,18,20H,14-17H2,1H3. The van der Waals surface area contributed by atoms with E-state index in [1.165, 1.54) is 12.7 Å². The summed E-state index contributed by atoms with van der Waals surface area (Å²) in [6, 6.07) is 26.3. The number of methoxy groups -OCH3 is 1. The van der Waals surface area contributed by atoms with Gasteiger partial charge in [-0.05, 0) is 42.5 Å². The van der Waals surface area contributed by atoms with Gasteiger partial charge in [0.15, 0.2) is 5.82 Å². The molecule has 1 aromatic heterocycles. The number of esters is 1. The number of anilines is 1. The molecule has 0 bridgehead atoms. The molecule has 5 rings (SSSR count). The van der Waals surface area contributed by atoms with Crippen molar-refractivity contribution in [3.05, 3.63) is 90.0 Å². The van der Waals surface area contributed by atoms with E-state index in [1.54, 1.807) is 12.1 Å². The number of nitrogens with zero attached hydrogens (tertiary/aromatic N) is 3. The minimum Gasteiger partial charge on any atom is -0.465 e. The van der Waals surface area contributed by atoms with Crippen molar-refractivity contribution in [2.75, 3.05) is 25.1 Å². The smallest absolute Gasteiger partial charge is 0.337 e. The number of aromatic nitrogens is 2. The van der Waals surface area contributed by atoms with E-state index in [-0.39, 0.29) is 5.97 Å². The van der Waals surface area contributed by atoms with E-state index < -0.39 is 0 Å². The molecule has 0 N–H and O–H groups in total. The van der Waals surface area contributed by atoms with Gasteiger partial charge in [-0.25, -0.2) is 14.8 Å². The molecule has 0 spiro atoms. The number of rotatable bonds is 4. The van der Waals surface area contributed by atoms with Gasteiger partial charge in [0.2, 0.25) is 0 Å². The van der Waals surface area contributed by atoms with Gasteiger partial charge < -0.3 is 9.64 Å². The molecule has 3 aromatic carbocycles. The summed E-state index contributed by atoms with van der Waals surface area (Å²) in [4.78, 5) is 24.3. The molecule has 0 amide bonds. The maximum atomic E-state index is 12.0. The molecule has 2 heterocycles. The van der Waals surface area contributed by atoms with Crippen LogP contribution in [0.1, 0.15) is 34.7 Å². The molecule has 0 unspecified atom stereocenters. The van der Waals surface area contributed by atoms with Gasteiger partial charge in [0.1, 0.15) is 5.69 Å². The minimum atomic E-state index is -0.369. The first kappa shape index (κ1) is 20.2. The Balaban J connectivity index is 1.53. The van der Waals surface area contributed by atoms with Gasteiger partial charge >= 0.3 is 5.97 Å². The highest BCUT2D eigenvalue weighted by molar-refractivity contribution is 5.94. The SMILES string of the molecule is COC(=O)c1ccc2nc(-c3ccccc3)c(N3CCC(c4ccccc4)CC3)nc2c1. The fourth-order valence-electron chi connectivity index (χ4n) is 4.45. The zero-order valence-electron chi connectivity index (χ0n) is 18.1. The summed E-state index contributed by atoms with van der Waals surface area (Å²) in [5.41, 5.74) is 5.27. The number of ether oxygens (including phenoxy) is 1. The van der Waals surface area contributed by atoms with E-state index in [0.717, 1.165) is 48.5 Å². The Morgan fingerprint density at radius 1 is 0.875 bits per heavy atom. The topological polar surface area (TPSA) is 55.3 Å². The highest BCUT2D eigenvalue weighted by Crippen LogP contribution is 2.35. The maximum Gasteiger partial charge on any atom is 0.337 e. The molecular weight excluding hydrogens is 398 g/mol. The van der Waals surface area contributed by atoms with Crippen LogP contribution >= 0.6 is 0 Å². The molecule has 1 aliphatic heterocycles. The Morgan fingerprint density at radius 2 is 1.56 bits per heavy atom. The molecule has 0 atom stereocenters. The number of carbonyl (C=O) groups is 1. The van der Waals surface area contributed by atoms with Crippen LogP contribution in [0.15, 0.2) is 78.9 Å². The lowest BCUT2D eigenvalue weighted by molar-refractivity contribution is 0.0601. The fraction of sp³-hybridized carbons (Fsp3) is 0.222. The third kappa shape index (κ3) is 3.94.